The summed E-state index contributed by atoms with van der Waals surface area (Å²) in [5.74, 6) is 0.756. The summed E-state index contributed by atoms with van der Waals surface area (Å²) in [6.07, 6.45) is 7.23. The molecule has 122 valence electrons. The lowest BCUT2D eigenvalue weighted by Crippen LogP contribution is -2.37. The van der Waals surface area contributed by atoms with Crippen LogP contribution in [0.4, 0.5) is 0 Å². The molecular weight excluding hydrogens is 391 g/mol. The molecule has 0 spiro atoms. The second-order valence-electron chi connectivity index (χ2n) is 4.51. The van der Waals surface area contributed by atoms with Crippen LogP contribution in [0, 0.1) is 0 Å². The van der Waals surface area contributed by atoms with Gasteiger partial charge in [0, 0.05) is 38.4 Å². The first-order valence-electron chi connectivity index (χ1n) is 7.17. The quantitative estimate of drug-likeness (QED) is 0.213. The number of aryl methyl sites for hydroxylation is 1. The highest BCUT2D eigenvalue weighted by atomic mass is 127. The normalized spacial score (nSPS) is 9.27. The van der Waals surface area contributed by atoms with Crippen molar-refractivity contribution >= 4 is 29.9 Å². The van der Waals surface area contributed by atoms with E-state index in [2.05, 4.69) is 28.8 Å². The lowest BCUT2D eigenvalue weighted by atomic mass is 10.3. The number of aromatic nitrogens is 1. The zero-order valence-electron chi connectivity index (χ0n) is 12.8. The Morgan fingerprint density at radius 1 is 1.18 bits per heavy atom. The van der Waals surface area contributed by atoms with Gasteiger partial charge in [0.05, 0.1) is 0 Å². The Labute approximate surface area is 149 Å². The molecule has 0 atom stereocenters. The number of nitrogens with one attached hydrogen (secondary N) is 2. The number of rotatable bonds is 9. The number of nitrogens with zero attached hydrogens (tertiary/aromatic N) is 2. The Balaban J connectivity index is 0.00000441. The monoisotopic (exact) mass is 416 g/mol. The van der Waals surface area contributed by atoms with Gasteiger partial charge in [-0.25, -0.2) is 0 Å². The lowest BCUT2D eigenvalue weighted by molar-refractivity contribution is 0.598. The number of guanidine groups is 1. The number of pyridine rings is 1. The highest BCUT2D eigenvalue weighted by molar-refractivity contribution is 14.0. The van der Waals surface area contributed by atoms with E-state index >= 15 is 0 Å². The fraction of sp³-hybridized carbons (Fsp3) is 0.375. The Bertz CT molecular complexity index is 511. The molecule has 0 aliphatic heterocycles. The highest BCUT2D eigenvalue weighted by Gasteiger charge is 1.96. The molecule has 0 radical (unpaired) electrons. The molecule has 2 N–H and O–H groups in total. The summed E-state index contributed by atoms with van der Waals surface area (Å²) in [5, 5.41) is 6.28. The first-order chi connectivity index (χ1) is 10.3. The number of halogens is 1. The van der Waals surface area contributed by atoms with Crippen LogP contribution in [0.1, 0.15) is 12.8 Å². The molecule has 0 fully saturated rings. The molecule has 1 rings (SSSR count). The van der Waals surface area contributed by atoms with Crippen molar-refractivity contribution in [2.45, 2.75) is 19.4 Å². The maximum atomic E-state index is 11.5. The van der Waals surface area contributed by atoms with Crippen molar-refractivity contribution in [1.82, 2.24) is 15.2 Å². The molecule has 1 heterocycles. The van der Waals surface area contributed by atoms with Crippen LogP contribution in [-0.4, -0.2) is 30.2 Å². The largest absolute Gasteiger partial charge is 0.353 e. The van der Waals surface area contributed by atoms with Gasteiger partial charge < -0.3 is 15.2 Å². The van der Waals surface area contributed by atoms with Gasteiger partial charge in [0.25, 0.3) is 0 Å². The topological polar surface area (TPSA) is 58.4 Å². The van der Waals surface area contributed by atoms with Gasteiger partial charge in [-0.3, -0.25) is 9.79 Å². The van der Waals surface area contributed by atoms with Crippen LogP contribution in [0.25, 0.3) is 0 Å². The summed E-state index contributed by atoms with van der Waals surface area (Å²) in [6.45, 7) is 10.1. The Hall–Kier alpha value is -1.57. The zero-order valence-corrected chi connectivity index (χ0v) is 15.2. The van der Waals surface area contributed by atoms with Gasteiger partial charge in [0.2, 0.25) is 5.56 Å². The second-order valence-corrected chi connectivity index (χ2v) is 4.51. The van der Waals surface area contributed by atoms with Crippen molar-refractivity contribution in [2.75, 3.05) is 19.6 Å². The molecule has 1 aromatic rings. The van der Waals surface area contributed by atoms with Crippen LogP contribution in [0.2, 0.25) is 0 Å². The number of unbranched alkanes of at least 4 members (excludes halogenated alkanes) is 1. The van der Waals surface area contributed by atoms with E-state index in [9.17, 15) is 4.79 Å². The van der Waals surface area contributed by atoms with Crippen molar-refractivity contribution in [2.24, 2.45) is 4.99 Å². The predicted octanol–water partition coefficient (Wildman–Crippen LogP) is 2.15. The van der Waals surface area contributed by atoms with E-state index < -0.39 is 0 Å². The Morgan fingerprint density at radius 3 is 2.45 bits per heavy atom. The fourth-order valence-corrected chi connectivity index (χ4v) is 1.74. The summed E-state index contributed by atoms with van der Waals surface area (Å²) >= 11 is 0. The Morgan fingerprint density at radius 2 is 1.86 bits per heavy atom. The highest BCUT2D eigenvalue weighted by Crippen LogP contribution is 1.94. The van der Waals surface area contributed by atoms with Gasteiger partial charge in [-0.15, -0.1) is 37.1 Å². The predicted molar refractivity (Wildman–Crippen MR) is 104 cm³/mol. The molecule has 0 saturated heterocycles. The first-order valence-corrected chi connectivity index (χ1v) is 7.17. The van der Waals surface area contributed by atoms with Gasteiger partial charge in [0.1, 0.15) is 0 Å². The van der Waals surface area contributed by atoms with Crippen LogP contribution in [0.5, 0.6) is 0 Å². The van der Waals surface area contributed by atoms with Gasteiger partial charge in [-0.2, -0.15) is 0 Å². The van der Waals surface area contributed by atoms with E-state index in [1.54, 1.807) is 28.9 Å². The van der Waals surface area contributed by atoms with Crippen molar-refractivity contribution in [3.8, 4) is 0 Å². The molecule has 0 amide bonds. The van der Waals surface area contributed by atoms with Crippen molar-refractivity contribution < 1.29 is 0 Å². The molecule has 0 bridgehead atoms. The molecule has 0 aliphatic rings. The number of aliphatic imine (C=N–C) groups is 1. The van der Waals surface area contributed by atoms with Crippen molar-refractivity contribution in [3.63, 3.8) is 0 Å². The van der Waals surface area contributed by atoms with Gasteiger partial charge in [-0.05, 0) is 18.9 Å². The second kappa shape index (κ2) is 13.1. The van der Waals surface area contributed by atoms with Crippen molar-refractivity contribution in [3.05, 3.63) is 60.1 Å². The van der Waals surface area contributed by atoms with Crippen LogP contribution in [0.3, 0.4) is 0 Å². The SMILES string of the molecule is C=CCNC(=NCCCCn1ccccc1=O)NCC=C.I. The number of hydrogen-bond donors (Lipinski definition) is 2. The summed E-state index contributed by atoms with van der Waals surface area (Å²) in [7, 11) is 0. The van der Waals surface area contributed by atoms with Gasteiger partial charge >= 0.3 is 0 Å². The van der Waals surface area contributed by atoms with E-state index in [1.807, 2.05) is 12.3 Å². The van der Waals surface area contributed by atoms with E-state index in [1.165, 1.54) is 0 Å². The van der Waals surface area contributed by atoms with Crippen LogP contribution in [-0.2, 0) is 6.54 Å². The Kier molecular flexibility index (Phi) is 12.2. The summed E-state index contributed by atoms with van der Waals surface area (Å²) in [4.78, 5) is 16.0. The van der Waals surface area contributed by atoms with E-state index in [0.717, 1.165) is 25.3 Å². The average molecular weight is 416 g/mol. The summed E-state index contributed by atoms with van der Waals surface area (Å²) in [6, 6.07) is 5.21. The molecule has 0 saturated carbocycles. The van der Waals surface area contributed by atoms with Crippen molar-refractivity contribution in [1.29, 1.82) is 0 Å². The maximum Gasteiger partial charge on any atom is 0.250 e. The zero-order chi connectivity index (χ0) is 15.3. The molecule has 1 aromatic heterocycles. The molecule has 6 heteroatoms. The smallest absolute Gasteiger partial charge is 0.250 e. The van der Waals surface area contributed by atoms with Crippen LogP contribution < -0.4 is 16.2 Å². The number of hydrogen-bond acceptors (Lipinski definition) is 2. The molecule has 5 nitrogen and oxygen atoms in total. The fourth-order valence-electron chi connectivity index (χ4n) is 1.74. The molecular formula is C16H25IN4O. The lowest BCUT2D eigenvalue weighted by Gasteiger charge is -2.09. The van der Waals surface area contributed by atoms with Gasteiger partial charge in [0.15, 0.2) is 5.96 Å². The van der Waals surface area contributed by atoms with E-state index in [4.69, 9.17) is 0 Å². The van der Waals surface area contributed by atoms with Crippen LogP contribution >= 0.6 is 24.0 Å². The van der Waals surface area contributed by atoms with E-state index in [0.29, 0.717) is 19.6 Å². The maximum absolute atomic E-state index is 11.5. The first kappa shape index (κ1) is 20.4. The minimum absolute atomic E-state index is 0. The average Bonchev–Trinajstić information content (AvgIpc) is 2.50. The molecule has 22 heavy (non-hydrogen) atoms. The van der Waals surface area contributed by atoms with Gasteiger partial charge in [-0.1, -0.05) is 18.2 Å². The summed E-state index contributed by atoms with van der Waals surface area (Å²) in [5.41, 5.74) is 0.0435. The molecule has 0 unspecified atom stereocenters. The van der Waals surface area contributed by atoms with Crippen LogP contribution in [0.15, 0.2) is 59.5 Å². The molecule has 0 aliphatic carbocycles. The minimum Gasteiger partial charge on any atom is -0.353 e. The summed E-state index contributed by atoms with van der Waals surface area (Å²) < 4.78 is 1.72. The third-order valence-corrected chi connectivity index (χ3v) is 2.80. The molecule has 0 aromatic carbocycles. The third-order valence-electron chi connectivity index (χ3n) is 2.80. The minimum atomic E-state index is 0. The standard InChI is InChI=1S/C16H24N4O.HI/c1-3-10-17-16(18-11-4-2)19-12-6-8-14-20-13-7-5-9-15(20)21;/h3-5,7,9,13H,1-2,6,8,10-12,14H2,(H2,17,18,19);1H. The van der Waals surface area contributed by atoms with E-state index in [-0.39, 0.29) is 29.5 Å². The third kappa shape index (κ3) is 8.66.